The first-order valence-electron chi connectivity index (χ1n) is 12.3. The second kappa shape index (κ2) is 14.4. The minimum atomic E-state index is -1.75. The van der Waals surface area contributed by atoms with Crippen LogP contribution < -0.4 is 11.9 Å². The first kappa shape index (κ1) is 33.7. The maximum absolute atomic E-state index is 3.47. The molecule has 0 nitrogen and oxygen atoms in total. The van der Waals surface area contributed by atoms with E-state index in [1.54, 1.807) is 11.9 Å². The van der Waals surface area contributed by atoms with Crippen molar-refractivity contribution in [3.63, 3.8) is 0 Å². The van der Waals surface area contributed by atoms with Gasteiger partial charge >= 0.3 is 91.8 Å². The van der Waals surface area contributed by atoms with Crippen molar-refractivity contribution in [1.82, 2.24) is 0 Å². The number of benzene rings is 2. The predicted molar refractivity (Wildman–Crippen MR) is 193 cm³/mol. The van der Waals surface area contributed by atoms with Gasteiger partial charge in [-0.25, -0.2) is 0 Å². The fourth-order valence-electron chi connectivity index (χ4n) is 3.08. The van der Waals surface area contributed by atoms with E-state index in [4.69, 9.17) is 0 Å². The molecule has 0 aliphatic rings. The third kappa shape index (κ3) is 11.9. The molecule has 4 rings (SSSR count). The van der Waals surface area contributed by atoms with Gasteiger partial charge in [0.05, 0.1) is 8.07 Å². The standard InChI is InChI=1S/C13H15BrSSi.C7H11SSi.C6H4Br2.3CH3.Sn/c1-16(2,3)13-9-8-12(15-13)10-4-6-11(14)7-5-10;1-9(2,3)7-5-4-6-8-7;7-5-1-2-6(8)4-3-5;;;;/h4-9H,1-3H3;4-5H,1-3H3;1-4H;3*1H3;. The van der Waals surface area contributed by atoms with E-state index in [2.05, 4.69) is 162 Å². The van der Waals surface area contributed by atoms with Crippen molar-refractivity contribution < 1.29 is 0 Å². The monoisotopic (exact) mass is 864 g/mol. The normalized spacial score (nSPS) is 11.8. The molecule has 0 bridgehead atoms. The summed E-state index contributed by atoms with van der Waals surface area (Å²) in [7, 11) is -2.19. The molecule has 2 aromatic heterocycles. The molecule has 0 unspecified atom stereocenters. The third-order valence-corrected chi connectivity index (χ3v) is 25.9. The Morgan fingerprint density at radius 3 is 1.22 bits per heavy atom. The van der Waals surface area contributed by atoms with Crippen LogP contribution in [0, 0.1) is 0 Å². The third-order valence-electron chi connectivity index (χ3n) is 5.36. The fraction of sp³-hybridized carbons (Fsp3) is 0.310. The summed E-state index contributed by atoms with van der Waals surface area (Å²) in [6.07, 6.45) is 0. The number of rotatable bonds is 4. The molecule has 0 radical (unpaired) electrons. The zero-order valence-electron chi connectivity index (χ0n) is 23.4. The summed E-state index contributed by atoms with van der Waals surface area (Å²) in [6, 6.07) is 25.8. The molecule has 0 fully saturated rings. The minimum Gasteiger partial charge on any atom is -0.145 e. The van der Waals surface area contributed by atoms with Gasteiger partial charge in [-0.1, -0.05) is 85.6 Å². The summed E-state index contributed by atoms with van der Waals surface area (Å²) in [5, 5.41) is 0. The van der Waals surface area contributed by atoms with Crippen molar-refractivity contribution in [3.05, 3.63) is 86.2 Å². The molecule has 37 heavy (non-hydrogen) atoms. The number of halogens is 3. The molecule has 0 saturated carbocycles. The summed E-state index contributed by atoms with van der Waals surface area (Å²) in [6.45, 7) is 14.5. The van der Waals surface area contributed by atoms with E-state index in [0.29, 0.717) is 0 Å². The van der Waals surface area contributed by atoms with Gasteiger partial charge in [-0.3, -0.25) is 0 Å². The summed E-state index contributed by atoms with van der Waals surface area (Å²) in [4.78, 5) is 8.86. The molecule has 0 spiro atoms. The second-order valence-corrected chi connectivity index (χ2v) is 43.2. The van der Waals surface area contributed by atoms with Gasteiger partial charge in [-0.2, -0.15) is 0 Å². The Balaban J connectivity index is 0.000000206. The molecule has 0 aliphatic heterocycles. The van der Waals surface area contributed by atoms with E-state index in [-0.39, 0.29) is 0 Å². The van der Waals surface area contributed by atoms with Crippen LogP contribution >= 0.6 is 70.5 Å². The quantitative estimate of drug-likeness (QED) is 0.179. The Morgan fingerprint density at radius 1 is 0.514 bits per heavy atom. The zero-order valence-corrected chi connectivity index (χ0v) is 34.6. The van der Waals surface area contributed by atoms with Crippen LogP contribution in [0.1, 0.15) is 0 Å². The van der Waals surface area contributed by atoms with E-state index < -0.39 is 34.5 Å². The van der Waals surface area contributed by atoms with Crippen LogP contribution in [0.15, 0.2) is 86.2 Å². The van der Waals surface area contributed by atoms with Crippen molar-refractivity contribution in [3.8, 4) is 10.4 Å². The Hall–Kier alpha value is 0.512. The minimum absolute atomic E-state index is 1.04. The Kier molecular flexibility index (Phi) is 13.1. The van der Waals surface area contributed by atoms with Crippen LogP contribution in [0.2, 0.25) is 54.1 Å². The topological polar surface area (TPSA) is 0 Å². The van der Waals surface area contributed by atoms with E-state index in [0.717, 1.165) is 13.4 Å². The molecule has 0 aliphatic carbocycles. The van der Waals surface area contributed by atoms with Crippen molar-refractivity contribution in [2.24, 2.45) is 0 Å². The van der Waals surface area contributed by atoms with Crippen LogP contribution in [-0.4, -0.2) is 34.5 Å². The molecule has 0 N–H and O–H groups in total. The van der Waals surface area contributed by atoms with Gasteiger partial charge in [0.15, 0.2) is 0 Å². The molecule has 2 aromatic carbocycles. The van der Waals surface area contributed by atoms with Gasteiger partial charge in [0, 0.05) is 18.3 Å². The van der Waals surface area contributed by atoms with Crippen LogP contribution in [0.4, 0.5) is 0 Å². The smallest absolute Gasteiger partial charge is 0.0904 e. The van der Waals surface area contributed by atoms with Gasteiger partial charge in [0.25, 0.3) is 0 Å². The second-order valence-electron chi connectivity index (χ2n) is 12.0. The summed E-state index contributed by atoms with van der Waals surface area (Å²) < 4.78 is 8.34. The van der Waals surface area contributed by atoms with Crippen molar-refractivity contribution >= 4 is 117 Å². The number of thiophene rings is 2. The Morgan fingerprint density at radius 2 is 0.892 bits per heavy atom. The SMILES string of the molecule is Brc1ccc(Br)cc1.C[Si](C)(C)c1cc[c]([Sn]([CH3])([CH3])[CH3])s1.C[Si](C)(C)c1ccc(-c2ccc(Br)cc2)s1. The molecule has 200 valence electrons. The van der Waals surface area contributed by atoms with E-state index in [9.17, 15) is 0 Å². The fourth-order valence-corrected chi connectivity index (χ4v) is 15.8. The van der Waals surface area contributed by atoms with Crippen LogP contribution in [0.3, 0.4) is 0 Å². The summed E-state index contributed by atoms with van der Waals surface area (Å²) >= 11 is 12.4. The van der Waals surface area contributed by atoms with Gasteiger partial charge in [-0.15, -0.1) is 11.3 Å². The molecule has 2 heterocycles. The molecule has 0 amide bonds. The molecule has 4 aromatic rings. The van der Waals surface area contributed by atoms with Gasteiger partial charge in [0.2, 0.25) is 0 Å². The maximum Gasteiger partial charge on any atom is 0.0904 e. The maximum atomic E-state index is 3.47. The van der Waals surface area contributed by atoms with E-state index in [1.165, 1.54) is 10.4 Å². The average Bonchev–Trinajstić information content (AvgIpc) is 3.47. The van der Waals surface area contributed by atoms with Crippen molar-refractivity contribution in [2.75, 3.05) is 0 Å². The molecule has 0 saturated heterocycles. The first-order valence-corrected chi connectivity index (χ1v) is 33.3. The van der Waals surface area contributed by atoms with Crippen molar-refractivity contribution in [2.45, 2.75) is 54.1 Å². The first-order chi connectivity index (χ1) is 17.0. The molecule has 8 heteroatoms. The largest absolute Gasteiger partial charge is 0.145 e. The molecular weight excluding hydrogens is 827 g/mol. The average molecular weight is 866 g/mol. The Bertz CT molecular complexity index is 1200. The summed E-state index contributed by atoms with van der Waals surface area (Å²) in [5.74, 6) is 0. The number of hydrogen-bond donors (Lipinski definition) is 0. The van der Waals surface area contributed by atoms with E-state index >= 15 is 0 Å². The zero-order chi connectivity index (χ0) is 28.0. The van der Waals surface area contributed by atoms with Gasteiger partial charge < -0.3 is 0 Å². The van der Waals surface area contributed by atoms with Gasteiger partial charge in [0.1, 0.15) is 0 Å². The Labute approximate surface area is 264 Å². The van der Waals surface area contributed by atoms with Crippen LogP contribution in [0.25, 0.3) is 10.4 Å². The number of hydrogen-bond acceptors (Lipinski definition) is 2. The van der Waals surface area contributed by atoms with Crippen LogP contribution in [0.5, 0.6) is 0 Å². The van der Waals surface area contributed by atoms with Crippen molar-refractivity contribution in [1.29, 1.82) is 0 Å². The predicted octanol–water partition coefficient (Wildman–Crippen LogP) is 10.8. The molecule has 0 atom stereocenters. The van der Waals surface area contributed by atoms with Crippen LogP contribution in [-0.2, 0) is 0 Å². The molecular formula is C29H39Br3S2Si2Sn. The summed E-state index contributed by atoms with van der Waals surface area (Å²) in [5.41, 5.74) is 1.32. The van der Waals surface area contributed by atoms with Gasteiger partial charge in [-0.05, 0) is 52.5 Å². The van der Waals surface area contributed by atoms with E-state index in [1.807, 2.05) is 35.6 Å².